The summed E-state index contributed by atoms with van der Waals surface area (Å²) < 4.78 is 27.1. The highest BCUT2D eigenvalue weighted by atomic mass is 79.9. The fourth-order valence-electron chi connectivity index (χ4n) is 1.15. The number of hydrogen-bond acceptors (Lipinski definition) is 1. The second kappa shape index (κ2) is 5.00. The monoisotopic (exact) mass is 306 g/mol. The third-order valence-electron chi connectivity index (χ3n) is 1.73. The molecular formula is C11H13BrF2N2O. The fraction of sp³-hybridized carbons (Fsp3) is 0.364. The molecule has 0 atom stereocenters. The van der Waals surface area contributed by atoms with Crippen LogP contribution in [0.2, 0.25) is 0 Å². The molecule has 17 heavy (non-hydrogen) atoms. The van der Waals surface area contributed by atoms with Gasteiger partial charge in [-0.2, -0.15) is 0 Å². The van der Waals surface area contributed by atoms with E-state index in [4.69, 9.17) is 0 Å². The number of amides is 2. The van der Waals surface area contributed by atoms with Gasteiger partial charge in [0.1, 0.15) is 5.69 Å². The van der Waals surface area contributed by atoms with Crippen molar-refractivity contribution in [3.63, 3.8) is 0 Å². The van der Waals surface area contributed by atoms with E-state index in [9.17, 15) is 13.6 Å². The van der Waals surface area contributed by atoms with Crippen LogP contribution in [-0.4, -0.2) is 11.6 Å². The van der Waals surface area contributed by atoms with Crippen LogP contribution in [0.1, 0.15) is 20.8 Å². The molecule has 2 amide bonds. The second-order valence-corrected chi connectivity index (χ2v) is 5.49. The molecule has 0 radical (unpaired) electrons. The topological polar surface area (TPSA) is 41.1 Å². The Morgan fingerprint density at radius 2 is 1.71 bits per heavy atom. The van der Waals surface area contributed by atoms with Crippen molar-refractivity contribution in [3.8, 4) is 0 Å². The first-order chi connectivity index (χ1) is 7.69. The lowest BCUT2D eigenvalue weighted by molar-refractivity contribution is 0.243. The summed E-state index contributed by atoms with van der Waals surface area (Å²) in [5, 5.41) is 4.68. The average Bonchev–Trinajstić information content (AvgIpc) is 2.08. The Labute approximate surface area is 107 Å². The zero-order valence-electron chi connectivity index (χ0n) is 9.70. The molecule has 0 spiro atoms. The number of benzene rings is 1. The molecule has 2 N–H and O–H groups in total. The Kier molecular flexibility index (Phi) is 4.08. The van der Waals surface area contributed by atoms with Crippen LogP contribution < -0.4 is 10.6 Å². The minimum absolute atomic E-state index is 0.272. The molecule has 3 nitrogen and oxygen atoms in total. The molecule has 0 heterocycles. The summed E-state index contributed by atoms with van der Waals surface area (Å²) in [5.41, 5.74) is -0.943. The molecule has 0 saturated heterocycles. The molecule has 0 aliphatic rings. The summed E-state index contributed by atoms with van der Waals surface area (Å²) in [6.07, 6.45) is 0. The summed E-state index contributed by atoms with van der Waals surface area (Å²) in [6.45, 7) is 5.29. The SMILES string of the molecule is CC(C)(C)NC(=O)Nc1c(F)cc(Br)cc1F. The van der Waals surface area contributed by atoms with E-state index in [1.165, 1.54) is 0 Å². The van der Waals surface area contributed by atoms with Gasteiger partial charge < -0.3 is 10.6 Å². The highest BCUT2D eigenvalue weighted by Crippen LogP contribution is 2.23. The van der Waals surface area contributed by atoms with Crippen molar-refractivity contribution in [2.24, 2.45) is 0 Å². The molecular weight excluding hydrogens is 294 g/mol. The summed E-state index contributed by atoms with van der Waals surface area (Å²) >= 11 is 2.95. The Bertz CT molecular complexity index is 421. The second-order valence-electron chi connectivity index (χ2n) is 4.57. The van der Waals surface area contributed by atoms with Crippen LogP contribution >= 0.6 is 15.9 Å². The predicted molar refractivity (Wildman–Crippen MR) is 66.0 cm³/mol. The molecule has 0 saturated carbocycles. The van der Waals surface area contributed by atoms with Gasteiger partial charge in [-0.05, 0) is 32.9 Å². The molecule has 0 fully saturated rings. The first kappa shape index (κ1) is 13.9. The van der Waals surface area contributed by atoms with Crippen LogP contribution in [0.5, 0.6) is 0 Å². The lowest BCUT2D eigenvalue weighted by Gasteiger charge is -2.21. The van der Waals surface area contributed by atoms with E-state index in [0.29, 0.717) is 0 Å². The van der Waals surface area contributed by atoms with Crippen LogP contribution in [0.4, 0.5) is 19.3 Å². The molecule has 0 aliphatic carbocycles. The van der Waals surface area contributed by atoms with Gasteiger partial charge >= 0.3 is 6.03 Å². The largest absolute Gasteiger partial charge is 0.333 e. The molecule has 1 aromatic carbocycles. The fourth-order valence-corrected chi connectivity index (χ4v) is 1.55. The molecule has 6 heteroatoms. The Morgan fingerprint density at radius 3 is 2.12 bits per heavy atom. The molecule has 1 rings (SSSR count). The quantitative estimate of drug-likeness (QED) is 0.817. The number of anilines is 1. The number of urea groups is 1. The minimum atomic E-state index is -0.832. The average molecular weight is 307 g/mol. The molecule has 0 unspecified atom stereocenters. The Hall–Kier alpha value is -1.17. The van der Waals surface area contributed by atoms with Crippen molar-refractivity contribution in [2.45, 2.75) is 26.3 Å². The number of hydrogen-bond donors (Lipinski definition) is 2. The van der Waals surface area contributed by atoms with Crippen molar-refractivity contribution < 1.29 is 13.6 Å². The zero-order valence-corrected chi connectivity index (χ0v) is 11.3. The van der Waals surface area contributed by atoms with E-state index in [1.807, 2.05) is 0 Å². The van der Waals surface area contributed by atoms with Crippen LogP contribution in [0.25, 0.3) is 0 Å². The molecule has 1 aromatic rings. The summed E-state index contributed by atoms with van der Waals surface area (Å²) in [6, 6.07) is 1.50. The number of rotatable bonds is 1. The van der Waals surface area contributed by atoms with Crippen molar-refractivity contribution in [2.75, 3.05) is 5.32 Å². The van der Waals surface area contributed by atoms with Gasteiger partial charge in [0.05, 0.1) is 0 Å². The van der Waals surface area contributed by atoms with E-state index >= 15 is 0 Å². The number of halogens is 3. The summed E-state index contributed by atoms with van der Waals surface area (Å²) in [4.78, 5) is 11.5. The third kappa shape index (κ3) is 4.30. The smallest absolute Gasteiger partial charge is 0.319 e. The van der Waals surface area contributed by atoms with Crippen molar-refractivity contribution in [3.05, 3.63) is 28.2 Å². The van der Waals surface area contributed by atoms with Crippen LogP contribution in [-0.2, 0) is 0 Å². The highest BCUT2D eigenvalue weighted by Gasteiger charge is 2.17. The van der Waals surface area contributed by atoms with Gasteiger partial charge in [0.15, 0.2) is 11.6 Å². The van der Waals surface area contributed by atoms with Crippen molar-refractivity contribution in [1.29, 1.82) is 0 Å². The number of nitrogens with one attached hydrogen (secondary N) is 2. The van der Waals surface area contributed by atoms with Gasteiger partial charge in [0, 0.05) is 10.0 Å². The summed E-state index contributed by atoms with van der Waals surface area (Å²) in [5.74, 6) is -1.66. The van der Waals surface area contributed by atoms with Gasteiger partial charge in [-0.25, -0.2) is 13.6 Å². The normalized spacial score (nSPS) is 11.2. The number of carbonyl (C=O) groups is 1. The lowest BCUT2D eigenvalue weighted by Crippen LogP contribution is -2.43. The molecule has 0 aliphatic heterocycles. The summed E-state index contributed by atoms with van der Waals surface area (Å²) in [7, 11) is 0. The Morgan fingerprint density at radius 1 is 1.24 bits per heavy atom. The Balaban J connectivity index is 2.86. The van der Waals surface area contributed by atoms with E-state index in [2.05, 4.69) is 26.6 Å². The maximum atomic E-state index is 13.4. The zero-order chi connectivity index (χ0) is 13.2. The van der Waals surface area contributed by atoms with E-state index in [0.717, 1.165) is 12.1 Å². The van der Waals surface area contributed by atoms with Gasteiger partial charge in [-0.1, -0.05) is 15.9 Å². The van der Waals surface area contributed by atoms with Crippen molar-refractivity contribution >= 4 is 27.6 Å². The van der Waals surface area contributed by atoms with E-state index in [1.54, 1.807) is 20.8 Å². The minimum Gasteiger partial charge on any atom is -0.333 e. The maximum Gasteiger partial charge on any atom is 0.319 e. The first-order valence-corrected chi connectivity index (χ1v) is 5.72. The molecule has 0 aromatic heterocycles. The van der Waals surface area contributed by atoms with Gasteiger partial charge in [-0.3, -0.25) is 0 Å². The van der Waals surface area contributed by atoms with Gasteiger partial charge in [0.2, 0.25) is 0 Å². The van der Waals surface area contributed by atoms with Gasteiger partial charge in [0.25, 0.3) is 0 Å². The molecule has 94 valence electrons. The standard InChI is InChI=1S/C11H13BrF2N2O/c1-11(2,3)16-10(17)15-9-7(13)4-6(12)5-8(9)14/h4-5H,1-3H3,(H2,15,16,17). The van der Waals surface area contributed by atoms with Crippen LogP contribution in [0.15, 0.2) is 16.6 Å². The first-order valence-electron chi connectivity index (χ1n) is 4.93. The van der Waals surface area contributed by atoms with E-state index < -0.39 is 28.9 Å². The molecule has 0 bridgehead atoms. The lowest BCUT2D eigenvalue weighted by atomic mass is 10.1. The van der Waals surface area contributed by atoms with Crippen LogP contribution in [0, 0.1) is 11.6 Å². The highest BCUT2D eigenvalue weighted by molar-refractivity contribution is 9.10. The van der Waals surface area contributed by atoms with Gasteiger partial charge in [-0.15, -0.1) is 0 Å². The van der Waals surface area contributed by atoms with Crippen LogP contribution in [0.3, 0.4) is 0 Å². The van der Waals surface area contributed by atoms with E-state index in [-0.39, 0.29) is 4.47 Å². The number of carbonyl (C=O) groups excluding carboxylic acids is 1. The maximum absolute atomic E-state index is 13.4. The third-order valence-corrected chi connectivity index (χ3v) is 2.19. The predicted octanol–water partition coefficient (Wildman–Crippen LogP) is 3.65. The van der Waals surface area contributed by atoms with Crippen molar-refractivity contribution in [1.82, 2.24) is 5.32 Å².